The number of aromatic nitrogens is 2. The molecule has 2 amide bonds. The zero-order valence-electron chi connectivity index (χ0n) is 18.3. The molecule has 1 aromatic carbocycles. The first-order valence-corrected chi connectivity index (χ1v) is 11.0. The van der Waals surface area contributed by atoms with Gasteiger partial charge in [0.2, 0.25) is 5.91 Å². The van der Waals surface area contributed by atoms with Crippen molar-refractivity contribution in [3.8, 4) is 0 Å². The van der Waals surface area contributed by atoms with Crippen LogP contribution in [-0.4, -0.2) is 51.4 Å². The Kier molecular flexibility index (Phi) is 5.67. The summed E-state index contributed by atoms with van der Waals surface area (Å²) in [5.74, 6) is 0.731. The molecular weight excluding hydrogens is 376 g/mol. The van der Waals surface area contributed by atoms with Crippen LogP contribution in [0.4, 0.5) is 0 Å². The third-order valence-corrected chi connectivity index (χ3v) is 6.33. The molecular formula is C24H32N4O2. The van der Waals surface area contributed by atoms with Crippen molar-refractivity contribution in [3.63, 3.8) is 0 Å². The first-order chi connectivity index (χ1) is 14.3. The second-order valence-electron chi connectivity index (χ2n) is 9.68. The van der Waals surface area contributed by atoms with Gasteiger partial charge in [-0.3, -0.25) is 14.7 Å². The van der Waals surface area contributed by atoms with Gasteiger partial charge >= 0.3 is 0 Å². The number of H-pyrrole nitrogens is 1. The summed E-state index contributed by atoms with van der Waals surface area (Å²) < 4.78 is 0. The second-order valence-corrected chi connectivity index (χ2v) is 9.68. The number of carbonyl (C=O) groups excluding carboxylic acids is 2. The SMILES string of the molecule is CC(C)(C)C(=O)N1CCc2[nH]nc(C(=O)N3CCC(Cc4ccccc4)CC3)c2C1. The van der Waals surface area contributed by atoms with Crippen LogP contribution in [0.15, 0.2) is 30.3 Å². The van der Waals surface area contributed by atoms with E-state index < -0.39 is 5.41 Å². The predicted octanol–water partition coefficient (Wildman–Crippen LogP) is 3.44. The number of amides is 2. The monoisotopic (exact) mass is 408 g/mol. The number of piperidine rings is 1. The van der Waals surface area contributed by atoms with Gasteiger partial charge in [-0.1, -0.05) is 51.1 Å². The first-order valence-electron chi connectivity index (χ1n) is 11.0. The number of hydrogen-bond acceptors (Lipinski definition) is 3. The van der Waals surface area contributed by atoms with E-state index in [-0.39, 0.29) is 11.8 Å². The molecule has 0 spiro atoms. The minimum atomic E-state index is -0.425. The largest absolute Gasteiger partial charge is 0.337 e. The number of likely N-dealkylation sites (tertiary alicyclic amines) is 1. The van der Waals surface area contributed by atoms with E-state index in [2.05, 4.69) is 34.5 Å². The van der Waals surface area contributed by atoms with E-state index in [1.54, 1.807) is 0 Å². The Balaban J connectivity index is 1.40. The Morgan fingerprint density at radius 3 is 2.43 bits per heavy atom. The molecule has 0 bridgehead atoms. The van der Waals surface area contributed by atoms with Gasteiger partial charge in [0.05, 0.1) is 0 Å². The number of hydrogen-bond donors (Lipinski definition) is 1. The summed E-state index contributed by atoms with van der Waals surface area (Å²) >= 11 is 0. The number of nitrogens with zero attached hydrogens (tertiary/aromatic N) is 3. The van der Waals surface area contributed by atoms with Crippen LogP contribution in [0.2, 0.25) is 0 Å². The lowest BCUT2D eigenvalue weighted by atomic mass is 9.90. The highest BCUT2D eigenvalue weighted by Crippen LogP contribution is 2.28. The molecule has 1 saturated heterocycles. The summed E-state index contributed by atoms with van der Waals surface area (Å²) in [6.07, 6.45) is 3.82. The number of fused-ring (bicyclic) bond motifs is 1. The molecule has 2 aliphatic rings. The Bertz CT molecular complexity index is 905. The fourth-order valence-corrected chi connectivity index (χ4v) is 4.56. The van der Waals surface area contributed by atoms with Gasteiger partial charge in [-0.2, -0.15) is 5.10 Å². The summed E-state index contributed by atoms with van der Waals surface area (Å²) in [7, 11) is 0. The van der Waals surface area contributed by atoms with Gasteiger partial charge in [-0.05, 0) is 30.7 Å². The number of nitrogens with one attached hydrogen (secondary N) is 1. The predicted molar refractivity (Wildman–Crippen MR) is 116 cm³/mol. The number of carbonyl (C=O) groups is 2. The van der Waals surface area contributed by atoms with Gasteiger partial charge in [0.1, 0.15) is 0 Å². The molecule has 0 aliphatic carbocycles. The van der Waals surface area contributed by atoms with Crippen LogP contribution in [0.3, 0.4) is 0 Å². The Morgan fingerprint density at radius 2 is 1.77 bits per heavy atom. The highest BCUT2D eigenvalue weighted by atomic mass is 16.2. The molecule has 1 N–H and O–H groups in total. The van der Waals surface area contributed by atoms with Crippen LogP contribution in [0, 0.1) is 11.3 Å². The Morgan fingerprint density at radius 1 is 1.07 bits per heavy atom. The van der Waals surface area contributed by atoms with Crippen LogP contribution in [0.1, 0.15) is 60.9 Å². The third-order valence-electron chi connectivity index (χ3n) is 6.33. The fourth-order valence-electron chi connectivity index (χ4n) is 4.56. The lowest BCUT2D eigenvalue weighted by Gasteiger charge is -2.34. The third kappa shape index (κ3) is 4.27. The zero-order valence-corrected chi connectivity index (χ0v) is 18.3. The summed E-state index contributed by atoms with van der Waals surface area (Å²) in [6, 6.07) is 10.6. The molecule has 6 nitrogen and oxygen atoms in total. The normalized spacial score (nSPS) is 17.7. The number of benzene rings is 1. The van der Waals surface area contributed by atoms with Crippen LogP contribution in [0.5, 0.6) is 0 Å². The van der Waals surface area contributed by atoms with Crippen molar-refractivity contribution in [2.75, 3.05) is 19.6 Å². The average molecular weight is 409 g/mol. The maximum Gasteiger partial charge on any atom is 0.274 e. The number of rotatable bonds is 3. The Hall–Kier alpha value is -2.63. The molecule has 30 heavy (non-hydrogen) atoms. The van der Waals surface area contributed by atoms with Crippen molar-refractivity contribution in [2.24, 2.45) is 11.3 Å². The summed E-state index contributed by atoms with van der Waals surface area (Å²) in [5.41, 5.74) is 3.34. The molecule has 2 aliphatic heterocycles. The fraction of sp³-hybridized carbons (Fsp3) is 0.542. The maximum atomic E-state index is 13.2. The molecule has 1 aromatic heterocycles. The molecule has 1 fully saturated rings. The highest BCUT2D eigenvalue weighted by Gasteiger charge is 2.34. The standard InChI is InChI=1S/C24H32N4O2/c1-24(2,3)23(30)28-14-11-20-19(16-28)21(26-25-20)22(29)27-12-9-18(10-13-27)15-17-7-5-4-6-8-17/h4-8,18H,9-16H2,1-3H3,(H,25,26). The van der Waals surface area contributed by atoms with E-state index in [1.807, 2.05) is 36.6 Å². The lowest BCUT2D eigenvalue weighted by Crippen LogP contribution is -2.43. The van der Waals surface area contributed by atoms with Crippen molar-refractivity contribution in [1.82, 2.24) is 20.0 Å². The van der Waals surface area contributed by atoms with Crippen molar-refractivity contribution in [2.45, 2.75) is 53.0 Å². The summed E-state index contributed by atoms with van der Waals surface area (Å²) in [5, 5.41) is 7.41. The second kappa shape index (κ2) is 8.25. The van der Waals surface area contributed by atoms with E-state index in [9.17, 15) is 9.59 Å². The molecule has 2 aromatic rings. The van der Waals surface area contributed by atoms with Crippen LogP contribution in [0.25, 0.3) is 0 Å². The minimum absolute atomic E-state index is 0.00396. The van der Waals surface area contributed by atoms with Gasteiger partial charge < -0.3 is 9.80 Å². The van der Waals surface area contributed by atoms with Crippen molar-refractivity contribution >= 4 is 11.8 Å². The van der Waals surface area contributed by atoms with Gasteiger partial charge in [-0.25, -0.2) is 0 Å². The molecule has 6 heteroatoms. The molecule has 160 valence electrons. The summed E-state index contributed by atoms with van der Waals surface area (Å²) in [4.78, 5) is 29.7. The van der Waals surface area contributed by atoms with E-state index in [0.717, 1.165) is 50.0 Å². The van der Waals surface area contributed by atoms with E-state index in [4.69, 9.17) is 0 Å². The lowest BCUT2D eigenvalue weighted by molar-refractivity contribution is -0.140. The van der Waals surface area contributed by atoms with E-state index in [0.29, 0.717) is 24.7 Å². The molecule has 0 radical (unpaired) electrons. The highest BCUT2D eigenvalue weighted by molar-refractivity contribution is 5.94. The minimum Gasteiger partial charge on any atom is -0.337 e. The molecule has 4 rings (SSSR count). The van der Waals surface area contributed by atoms with E-state index in [1.165, 1.54) is 5.56 Å². The van der Waals surface area contributed by atoms with E-state index >= 15 is 0 Å². The molecule has 0 saturated carbocycles. The quantitative estimate of drug-likeness (QED) is 0.846. The Labute approximate surface area is 178 Å². The van der Waals surface area contributed by atoms with Gasteiger partial charge in [0.25, 0.3) is 5.91 Å². The van der Waals surface area contributed by atoms with Crippen molar-refractivity contribution in [3.05, 3.63) is 52.8 Å². The molecule has 3 heterocycles. The van der Waals surface area contributed by atoms with Crippen molar-refractivity contribution < 1.29 is 9.59 Å². The zero-order chi connectivity index (χ0) is 21.3. The van der Waals surface area contributed by atoms with Gasteiger partial charge in [-0.15, -0.1) is 0 Å². The van der Waals surface area contributed by atoms with Crippen molar-refractivity contribution in [1.29, 1.82) is 0 Å². The van der Waals surface area contributed by atoms with Crippen LogP contribution in [-0.2, 0) is 24.2 Å². The molecule has 0 atom stereocenters. The smallest absolute Gasteiger partial charge is 0.274 e. The average Bonchev–Trinajstić information content (AvgIpc) is 3.16. The topological polar surface area (TPSA) is 69.3 Å². The maximum absolute atomic E-state index is 13.2. The van der Waals surface area contributed by atoms with Gasteiger partial charge in [0.15, 0.2) is 5.69 Å². The first kappa shape index (κ1) is 20.6. The summed E-state index contributed by atoms with van der Waals surface area (Å²) in [6.45, 7) is 8.48. The van der Waals surface area contributed by atoms with Gasteiger partial charge in [0, 0.05) is 49.3 Å². The van der Waals surface area contributed by atoms with Crippen LogP contribution >= 0.6 is 0 Å². The van der Waals surface area contributed by atoms with Crippen LogP contribution < -0.4 is 0 Å². The number of aromatic amines is 1. The molecule has 0 unspecified atom stereocenters.